The monoisotopic (exact) mass is 991 g/mol. The zero-order valence-corrected chi connectivity index (χ0v) is 42.6. The molecule has 12 nitrogen and oxygen atoms in total. The van der Waals surface area contributed by atoms with Crippen LogP contribution in [0.4, 0.5) is 5.69 Å². The van der Waals surface area contributed by atoms with Gasteiger partial charge in [-0.05, 0) is 149 Å². The average Bonchev–Trinajstić information content (AvgIpc) is 3.61. The molecule has 0 aliphatic carbocycles. The maximum atomic E-state index is 13.8. The van der Waals surface area contributed by atoms with E-state index < -0.39 is 17.4 Å². The maximum Gasteiger partial charge on any atom is 0.336 e. The molecule has 2 amide bonds. The lowest BCUT2D eigenvalue weighted by atomic mass is 9.84. The fraction of sp³-hybridized carbons (Fsp3) is 0.217. The quantitative estimate of drug-likeness (QED) is 0.0996. The Kier molecular flexibility index (Phi) is 12.2. The number of benzene rings is 6. The normalized spacial score (nSPS) is 14.7. The Hall–Kier alpha value is -8.22. The van der Waals surface area contributed by atoms with Gasteiger partial charge >= 0.3 is 5.97 Å². The van der Waals surface area contributed by atoms with E-state index in [1.54, 1.807) is 54.1 Å². The first-order valence-electron chi connectivity index (χ1n) is 24.1. The van der Waals surface area contributed by atoms with Crippen molar-refractivity contribution in [3.05, 3.63) is 198 Å². The van der Waals surface area contributed by atoms with Crippen LogP contribution in [0.25, 0.3) is 27.6 Å². The molecule has 6 aromatic carbocycles. The summed E-state index contributed by atoms with van der Waals surface area (Å²) in [6.45, 7) is 14.7. The van der Waals surface area contributed by atoms with Crippen molar-refractivity contribution < 1.29 is 33.8 Å². The van der Waals surface area contributed by atoms with Gasteiger partial charge in [0.2, 0.25) is 5.91 Å². The molecule has 4 N–H and O–H groups in total. The van der Waals surface area contributed by atoms with Crippen LogP contribution in [0, 0.1) is 6.92 Å². The molecule has 10 rings (SSSR count). The zero-order valence-electron chi connectivity index (χ0n) is 41.8. The first kappa shape index (κ1) is 48.4. The Morgan fingerprint density at radius 2 is 1.42 bits per heavy atom. The van der Waals surface area contributed by atoms with E-state index in [2.05, 4.69) is 75.7 Å². The van der Waals surface area contributed by atoms with Gasteiger partial charge in [-0.2, -0.15) is 0 Å². The Balaban J connectivity index is 0.871. The molecule has 4 heterocycles. The highest BCUT2D eigenvalue weighted by atomic mass is 35.5. The van der Waals surface area contributed by atoms with Gasteiger partial charge in [0.05, 0.1) is 41.0 Å². The van der Waals surface area contributed by atoms with Gasteiger partial charge in [0.25, 0.3) is 11.8 Å². The maximum absolute atomic E-state index is 13.8. The van der Waals surface area contributed by atoms with Crippen LogP contribution in [0.1, 0.15) is 117 Å². The smallest absolute Gasteiger partial charge is 0.336 e. The summed E-state index contributed by atoms with van der Waals surface area (Å²) in [5, 5.41) is 23.2. The molecular weight excluding hydrogens is 938 g/mol. The number of nitrogens with zero attached hydrogens (tertiary/aromatic N) is 2. The van der Waals surface area contributed by atoms with Crippen molar-refractivity contribution >= 4 is 68.6 Å². The molecule has 73 heavy (non-hydrogen) atoms. The minimum absolute atomic E-state index is 0.0278. The van der Waals surface area contributed by atoms with E-state index in [4.69, 9.17) is 26.1 Å². The average molecular weight is 993 g/mol. The van der Waals surface area contributed by atoms with Crippen LogP contribution in [0.5, 0.6) is 17.2 Å². The number of halogens is 1. The third-order valence-corrected chi connectivity index (χ3v) is 14.0. The number of methoxy groups -OCH3 is 1. The summed E-state index contributed by atoms with van der Waals surface area (Å²) in [6.07, 6.45) is 4.33. The number of aromatic nitrogens is 1. The van der Waals surface area contributed by atoms with Crippen molar-refractivity contribution in [1.29, 1.82) is 0 Å². The fourth-order valence-electron chi connectivity index (χ4n) is 10.4. The number of hydrogen-bond donors (Lipinski definition) is 4. The zero-order chi connectivity index (χ0) is 51.7. The van der Waals surface area contributed by atoms with E-state index in [0.717, 1.165) is 60.6 Å². The highest BCUT2D eigenvalue weighted by Crippen LogP contribution is 2.45. The van der Waals surface area contributed by atoms with Crippen molar-refractivity contribution in [1.82, 2.24) is 15.2 Å². The van der Waals surface area contributed by atoms with Crippen LogP contribution in [0.2, 0.25) is 5.02 Å². The largest absolute Gasteiger partial charge is 0.497 e. The third-order valence-electron chi connectivity index (χ3n) is 13.8. The van der Waals surface area contributed by atoms with E-state index in [1.807, 2.05) is 61.5 Å². The summed E-state index contributed by atoms with van der Waals surface area (Å²) < 4.78 is 13.8. The number of carbonyl (C=O) groups is 4. The lowest BCUT2D eigenvalue weighted by Gasteiger charge is -2.33. The lowest BCUT2D eigenvalue weighted by Crippen LogP contribution is -2.32. The summed E-state index contributed by atoms with van der Waals surface area (Å²) in [6, 6.07) is 32.5. The van der Waals surface area contributed by atoms with Gasteiger partial charge in [0, 0.05) is 85.6 Å². The number of amides is 2. The Labute approximate surface area is 427 Å². The van der Waals surface area contributed by atoms with Crippen molar-refractivity contribution in [2.75, 3.05) is 12.4 Å². The standard InChI is InChI=1S/C60H54ClN5O7/c1-32-28-59(4,5)64-49-26-52-47(23-42(32)49)55(48-24-43-33(2)29-60(6,7)65-50(43)27-53(48)73-52)41-19-15-38(21-46(41)58(70)71)56(68)63-31-36-11-9-35(10-12-36)30-62-54(67)25-44-34(3)66(51-20-18-40(72-8)22-45(44)51)57(69)37-13-16-39(61)17-14-37/h9-24,26-29,64H,25,30-31H2,1-8H3,(H,62,67)(H,63,68)(H,70,71). The van der Waals surface area contributed by atoms with Crippen LogP contribution in [0.3, 0.4) is 0 Å². The number of carboxylic acid groups (broad SMARTS) is 1. The van der Waals surface area contributed by atoms with Crippen molar-refractivity contribution in [2.45, 2.75) is 79.1 Å². The Morgan fingerprint density at radius 3 is 2.12 bits per heavy atom. The second-order valence-electron chi connectivity index (χ2n) is 20.1. The van der Waals surface area contributed by atoms with Gasteiger partial charge in [0.15, 0.2) is 0 Å². The molecule has 13 heteroatoms. The Bertz CT molecular complexity index is 3710. The molecule has 0 saturated carbocycles. The van der Waals surface area contributed by atoms with Crippen LogP contribution >= 0.6 is 11.6 Å². The number of anilines is 1. The number of rotatable bonds is 11. The first-order chi connectivity index (χ1) is 34.8. The number of fused-ring (bicyclic) bond motifs is 5. The first-order valence-corrected chi connectivity index (χ1v) is 24.4. The third kappa shape index (κ3) is 9.30. The summed E-state index contributed by atoms with van der Waals surface area (Å²) in [7, 11) is 1.57. The van der Waals surface area contributed by atoms with E-state index in [9.17, 15) is 24.3 Å². The number of hydrogen-bond acceptors (Lipinski definition) is 8. The predicted molar refractivity (Wildman–Crippen MR) is 285 cm³/mol. The predicted octanol–water partition coefficient (Wildman–Crippen LogP) is 10.6. The molecule has 0 spiro atoms. The molecule has 3 aliphatic heterocycles. The fourth-order valence-corrected chi connectivity index (χ4v) is 10.5. The molecule has 0 unspecified atom stereocenters. The second kappa shape index (κ2) is 18.4. The highest BCUT2D eigenvalue weighted by Gasteiger charge is 2.31. The molecular formula is C60H54ClN5O7. The minimum atomic E-state index is -1.18. The second-order valence-corrected chi connectivity index (χ2v) is 20.6. The minimum Gasteiger partial charge on any atom is -0.497 e. The van der Waals surface area contributed by atoms with E-state index in [0.29, 0.717) is 55.7 Å². The van der Waals surface area contributed by atoms with Crippen molar-refractivity contribution in [3.63, 3.8) is 0 Å². The van der Waals surface area contributed by atoms with E-state index >= 15 is 0 Å². The van der Waals surface area contributed by atoms with E-state index in [1.165, 1.54) is 6.07 Å². The summed E-state index contributed by atoms with van der Waals surface area (Å²) in [4.78, 5) is 59.3. The summed E-state index contributed by atoms with van der Waals surface area (Å²) >= 11 is 6.09. The van der Waals surface area contributed by atoms with E-state index in [-0.39, 0.29) is 48.0 Å². The molecule has 7 aromatic rings. The Morgan fingerprint density at radius 1 is 0.740 bits per heavy atom. The molecule has 3 aliphatic rings. The molecule has 1 aromatic heterocycles. The summed E-state index contributed by atoms with van der Waals surface area (Å²) in [5.74, 6) is -0.333. The van der Waals surface area contributed by atoms with Gasteiger partial charge in [-0.1, -0.05) is 54.1 Å². The van der Waals surface area contributed by atoms with Gasteiger partial charge in [0.1, 0.15) is 17.2 Å². The van der Waals surface area contributed by atoms with Crippen molar-refractivity contribution in [2.24, 2.45) is 4.99 Å². The SMILES string of the molecule is COc1ccc2c(c1)c(CC(=O)NCc1ccc(CNC(=O)c3ccc(C4=c5cc6c(cc5Oc5cc7c(cc54)C(C)=CC(C)(C)N7)=NC(C)(C)C=C6C)c(C(=O)O)c3)cc1)c(C)n2C(=O)c1ccc(Cl)cc1. The number of ether oxygens (including phenoxy) is 2. The van der Waals surface area contributed by atoms with Gasteiger partial charge in [-0.15, -0.1) is 0 Å². The van der Waals surface area contributed by atoms with Crippen LogP contribution in [-0.2, 0) is 24.3 Å². The molecule has 0 fully saturated rings. The van der Waals surface area contributed by atoms with Gasteiger partial charge < -0.3 is 30.5 Å². The van der Waals surface area contributed by atoms with Crippen LogP contribution in [0.15, 0.2) is 126 Å². The molecule has 0 saturated heterocycles. The highest BCUT2D eigenvalue weighted by molar-refractivity contribution is 6.30. The number of allylic oxidation sites excluding steroid dienone is 2. The topological polar surface area (TPSA) is 160 Å². The number of carbonyl (C=O) groups excluding carboxylic acids is 3. The number of carboxylic acids is 1. The lowest BCUT2D eigenvalue weighted by molar-refractivity contribution is -0.120. The molecule has 0 radical (unpaired) electrons. The molecule has 368 valence electrons. The van der Waals surface area contributed by atoms with Gasteiger partial charge in [-0.25, -0.2) is 4.79 Å². The molecule has 0 bridgehead atoms. The van der Waals surface area contributed by atoms with Crippen molar-refractivity contribution in [3.8, 4) is 17.2 Å². The van der Waals surface area contributed by atoms with Crippen LogP contribution < -0.4 is 36.0 Å². The number of nitrogens with one attached hydrogen (secondary N) is 3. The number of aromatic carboxylic acids is 1. The van der Waals surface area contributed by atoms with Crippen LogP contribution in [-0.4, -0.2) is 51.6 Å². The molecule has 0 atom stereocenters. The van der Waals surface area contributed by atoms with Gasteiger partial charge in [-0.3, -0.25) is 23.9 Å². The summed E-state index contributed by atoms with van der Waals surface area (Å²) in [5.41, 5.74) is 10.4.